The molecule has 1 fully saturated rings. The summed E-state index contributed by atoms with van der Waals surface area (Å²) >= 11 is 0. The normalized spacial score (nSPS) is 19.6. The number of aromatic nitrogens is 1. The second-order valence-electron chi connectivity index (χ2n) is 6.51. The monoisotopic (exact) mass is 385 g/mol. The predicted octanol–water partition coefficient (Wildman–Crippen LogP) is 1.96. The molecule has 8 heteroatoms. The molecule has 1 atom stereocenters. The minimum absolute atomic E-state index is 0. The first kappa shape index (κ1) is 19.9. The quantitative estimate of drug-likeness (QED) is 0.846. The van der Waals surface area contributed by atoms with Gasteiger partial charge < -0.3 is 10.3 Å². The second kappa shape index (κ2) is 7.86. The Balaban J connectivity index is 0.00000225. The van der Waals surface area contributed by atoms with E-state index < -0.39 is 10.0 Å². The fraction of sp³-hybridized carbons (Fsp3) is 0.471. The molecule has 0 bridgehead atoms. The van der Waals surface area contributed by atoms with E-state index in [4.69, 9.17) is 0 Å². The Morgan fingerprint density at radius 3 is 2.68 bits per heavy atom. The Bertz CT molecular complexity index is 895. The zero-order valence-electron chi connectivity index (χ0n) is 14.4. The van der Waals surface area contributed by atoms with Crippen molar-refractivity contribution in [1.82, 2.24) is 14.6 Å². The fourth-order valence-electron chi connectivity index (χ4n) is 3.29. The van der Waals surface area contributed by atoms with Gasteiger partial charge in [-0.3, -0.25) is 4.79 Å². The highest BCUT2D eigenvalue weighted by Crippen LogP contribution is 2.27. The van der Waals surface area contributed by atoms with Crippen molar-refractivity contribution in [3.63, 3.8) is 0 Å². The summed E-state index contributed by atoms with van der Waals surface area (Å²) in [5.74, 6) is 0.198. The third kappa shape index (κ3) is 3.74. The molecule has 1 aromatic carbocycles. The number of rotatable bonds is 3. The molecule has 1 aliphatic rings. The van der Waals surface area contributed by atoms with Crippen LogP contribution in [0, 0.1) is 5.92 Å². The molecular formula is C17H24ClN3O3S. The summed E-state index contributed by atoms with van der Waals surface area (Å²) in [7, 11) is -3.68. The first-order chi connectivity index (χ1) is 11.4. The maximum Gasteiger partial charge on any atom is 0.255 e. The number of pyridine rings is 1. The Labute approximate surface area is 154 Å². The van der Waals surface area contributed by atoms with E-state index in [0.717, 1.165) is 13.0 Å². The number of nitrogens with zero attached hydrogens (tertiary/aromatic N) is 1. The van der Waals surface area contributed by atoms with Gasteiger partial charge in [0.15, 0.2) is 0 Å². The highest BCUT2D eigenvalue weighted by Gasteiger charge is 2.34. The summed E-state index contributed by atoms with van der Waals surface area (Å²) < 4.78 is 28.3. The summed E-state index contributed by atoms with van der Waals surface area (Å²) in [6.07, 6.45) is 2.27. The predicted molar refractivity (Wildman–Crippen MR) is 102 cm³/mol. The van der Waals surface area contributed by atoms with Gasteiger partial charge >= 0.3 is 0 Å². The molecule has 1 unspecified atom stereocenters. The molecule has 1 aliphatic heterocycles. The molecule has 6 nitrogen and oxygen atoms in total. The first-order valence-corrected chi connectivity index (χ1v) is 9.70. The molecule has 138 valence electrons. The molecule has 0 radical (unpaired) electrons. The number of H-pyrrole nitrogens is 1. The van der Waals surface area contributed by atoms with Crippen molar-refractivity contribution in [2.24, 2.45) is 5.92 Å². The summed E-state index contributed by atoms with van der Waals surface area (Å²) in [5.41, 5.74) is -0.275. The Morgan fingerprint density at radius 1 is 1.20 bits per heavy atom. The molecule has 0 spiro atoms. The molecular weight excluding hydrogens is 362 g/mol. The summed E-state index contributed by atoms with van der Waals surface area (Å²) in [5, 5.41) is 4.19. The highest BCUT2D eigenvalue weighted by molar-refractivity contribution is 7.89. The number of halogens is 1. The molecule has 1 saturated heterocycles. The molecule has 2 aromatic rings. The van der Waals surface area contributed by atoms with Crippen LogP contribution < -0.4 is 10.9 Å². The van der Waals surface area contributed by atoms with Crippen molar-refractivity contribution in [2.45, 2.75) is 31.2 Å². The summed E-state index contributed by atoms with van der Waals surface area (Å²) in [6.45, 7) is 6.01. The molecule has 2 heterocycles. The molecule has 1 aromatic heterocycles. The smallest absolute Gasteiger partial charge is 0.255 e. The SMILES string of the molecule is CC(C)C1CNCCCN1S(=O)(=O)c1cccc2c(=O)[nH]ccc12.Cl. The van der Waals surface area contributed by atoms with Crippen LogP contribution >= 0.6 is 12.4 Å². The number of sulfonamides is 1. The van der Waals surface area contributed by atoms with Crippen LogP contribution in [0.25, 0.3) is 10.8 Å². The van der Waals surface area contributed by atoms with Gasteiger partial charge in [-0.05, 0) is 37.1 Å². The van der Waals surface area contributed by atoms with E-state index in [9.17, 15) is 13.2 Å². The van der Waals surface area contributed by atoms with Crippen molar-refractivity contribution >= 4 is 33.2 Å². The number of aromatic amines is 1. The fourth-order valence-corrected chi connectivity index (χ4v) is 5.29. The van der Waals surface area contributed by atoms with Crippen LogP contribution in [0.1, 0.15) is 20.3 Å². The Hall–Kier alpha value is -1.41. The van der Waals surface area contributed by atoms with Crippen LogP contribution in [0.5, 0.6) is 0 Å². The van der Waals surface area contributed by atoms with Crippen molar-refractivity contribution in [2.75, 3.05) is 19.6 Å². The first-order valence-electron chi connectivity index (χ1n) is 8.26. The van der Waals surface area contributed by atoms with Crippen molar-refractivity contribution < 1.29 is 8.42 Å². The number of hydrogen-bond acceptors (Lipinski definition) is 4. The van der Waals surface area contributed by atoms with Crippen LogP contribution in [0.3, 0.4) is 0 Å². The lowest BCUT2D eigenvalue weighted by atomic mass is 10.1. The summed E-state index contributed by atoms with van der Waals surface area (Å²) in [4.78, 5) is 14.8. The maximum atomic E-state index is 13.4. The van der Waals surface area contributed by atoms with Crippen molar-refractivity contribution in [3.8, 4) is 0 Å². The van der Waals surface area contributed by atoms with Gasteiger partial charge in [0.2, 0.25) is 10.0 Å². The molecule has 3 rings (SSSR count). The van der Waals surface area contributed by atoms with Gasteiger partial charge in [0.05, 0.1) is 4.90 Å². The van der Waals surface area contributed by atoms with E-state index in [2.05, 4.69) is 10.3 Å². The molecule has 0 saturated carbocycles. The minimum atomic E-state index is -3.68. The highest BCUT2D eigenvalue weighted by atomic mass is 35.5. The molecule has 2 N–H and O–H groups in total. The minimum Gasteiger partial charge on any atom is -0.329 e. The molecule has 25 heavy (non-hydrogen) atoms. The lowest BCUT2D eigenvalue weighted by molar-refractivity contribution is 0.271. The topological polar surface area (TPSA) is 82.3 Å². The van der Waals surface area contributed by atoms with E-state index in [1.165, 1.54) is 6.20 Å². The maximum absolute atomic E-state index is 13.4. The average molecular weight is 386 g/mol. The van der Waals surface area contributed by atoms with E-state index in [1.54, 1.807) is 28.6 Å². The summed E-state index contributed by atoms with van der Waals surface area (Å²) in [6, 6.07) is 6.42. The van der Waals surface area contributed by atoms with Crippen LogP contribution in [-0.2, 0) is 10.0 Å². The number of benzene rings is 1. The second-order valence-corrected chi connectivity index (χ2v) is 8.37. The number of nitrogens with one attached hydrogen (secondary N) is 2. The Kier molecular flexibility index (Phi) is 6.26. The van der Waals surface area contributed by atoms with Crippen LogP contribution in [0.2, 0.25) is 0 Å². The van der Waals surface area contributed by atoms with E-state index >= 15 is 0 Å². The number of hydrogen-bond donors (Lipinski definition) is 2. The largest absolute Gasteiger partial charge is 0.329 e. The van der Waals surface area contributed by atoms with Gasteiger partial charge in [0.25, 0.3) is 5.56 Å². The zero-order valence-corrected chi connectivity index (χ0v) is 16.0. The average Bonchev–Trinajstić information content (AvgIpc) is 2.81. The van der Waals surface area contributed by atoms with Gasteiger partial charge in [0, 0.05) is 36.1 Å². The van der Waals surface area contributed by atoms with Gasteiger partial charge in [-0.2, -0.15) is 4.31 Å². The standard InChI is InChI=1S/C17H23N3O3S.ClH/c1-12(2)15-11-18-8-4-10-20(15)24(22,23)16-6-3-5-14-13(16)7-9-19-17(14)21;/h3,5-7,9,12,15,18H,4,8,10-11H2,1-2H3,(H,19,21);1H. The van der Waals surface area contributed by atoms with Crippen molar-refractivity contribution in [1.29, 1.82) is 0 Å². The third-order valence-corrected chi connectivity index (χ3v) is 6.57. The lowest BCUT2D eigenvalue weighted by Gasteiger charge is -2.32. The number of fused-ring (bicyclic) bond motifs is 1. The molecule has 0 amide bonds. The Morgan fingerprint density at radius 2 is 1.96 bits per heavy atom. The van der Waals surface area contributed by atoms with E-state index in [1.807, 2.05) is 13.8 Å². The van der Waals surface area contributed by atoms with Crippen LogP contribution in [-0.4, -0.2) is 43.4 Å². The van der Waals surface area contributed by atoms with Crippen LogP contribution in [0.15, 0.2) is 40.2 Å². The van der Waals surface area contributed by atoms with Gasteiger partial charge in [-0.15, -0.1) is 12.4 Å². The lowest BCUT2D eigenvalue weighted by Crippen LogP contribution is -2.46. The van der Waals surface area contributed by atoms with Crippen LogP contribution in [0.4, 0.5) is 0 Å². The van der Waals surface area contributed by atoms with Crippen molar-refractivity contribution in [3.05, 3.63) is 40.8 Å². The van der Waals surface area contributed by atoms with Gasteiger partial charge in [-0.1, -0.05) is 19.9 Å². The molecule has 0 aliphatic carbocycles. The van der Waals surface area contributed by atoms with E-state index in [-0.39, 0.29) is 34.8 Å². The van der Waals surface area contributed by atoms with E-state index in [0.29, 0.717) is 23.9 Å². The van der Waals surface area contributed by atoms with Gasteiger partial charge in [-0.25, -0.2) is 8.42 Å². The zero-order chi connectivity index (χ0) is 17.3. The third-order valence-electron chi connectivity index (χ3n) is 4.59. The van der Waals surface area contributed by atoms with Gasteiger partial charge in [0.1, 0.15) is 0 Å².